The van der Waals surface area contributed by atoms with Crippen molar-refractivity contribution in [3.05, 3.63) is 29.9 Å². The van der Waals surface area contributed by atoms with Gasteiger partial charge in [-0.1, -0.05) is 6.92 Å². The van der Waals surface area contributed by atoms with E-state index in [1.165, 1.54) is 17.3 Å². The van der Waals surface area contributed by atoms with Crippen LogP contribution >= 0.6 is 0 Å². The van der Waals surface area contributed by atoms with Crippen molar-refractivity contribution in [3.63, 3.8) is 0 Å². The summed E-state index contributed by atoms with van der Waals surface area (Å²) in [5.74, 6) is 0.0182. The first-order valence-corrected chi connectivity index (χ1v) is 9.95. The number of hydrogen-bond donors (Lipinski definition) is 2. The molecule has 2 aromatic rings. The first kappa shape index (κ1) is 21.5. The SMILES string of the molecule is CCOC(=O)N(c1c(C=O)oc2cnc(C(C=N)=CN)cc12)[C@H]1CCO[C@@H](CC)C1. The number of nitrogens with zero attached hydrogens (tertiary/aromatic N) is 2. The molecular formula is C21H26N4O5. The standard InChI is InChI=1S/C21H26N4O5/c1-3-15-7-14(5-6-29-15)25(21(27)28-4-2)20-16-8-17(13(9-22)10-23)24-11-18(16)30-19(20)12-26/h8-12,14-15,22H,3-7,23H2,1-2H3/t14-,15-/m0/s1. The maximum absolute atomic E-state index is 13.0. The molecule has 0 unspecified atom stereocenters. The number of rotatable bonds is 7. The topological polar surface area (TPSA) is 132 Å². The van der Waals surface area contributed by atoms with Gasteiger partial charge in [-0.05, 0) is 32.3 Å². The van der Waals surface area contributed by atoms with Crippen LogP contribution in [0.15, 0.2) is 22.9 Å². The Morgan fingerprint density at radius 3 is 2.90 bits per heavy atom. The summed E-state index contributed by atoms with van der Waals surface area (Å²) in [6.07, 6.45) is 5.89. The number of nitrogens with one attached hydrogen (secondary N) is 1. The molecule has 9 nitrogen and oxygen atoms in total. The molecule has 2 aromatic heterocycles. The average molecular weight is 414 g/mol. The fourth-order valence-corrected chi connectivity index (χ4v) is 3.70. The first-order valence-electron chi connectivity index (χ1n) is 9.95. The zero-order valence-electron chi connectivity index (χ0n) is 17.1. The van der Waals surface area contributed by atoms with Gasteiger partial charge in [-0.25, -0.2) is 4.79 Å². The number of carbonyl (C=O) groups excluding carboxylic acids is 2. The number of ether oxygens (including phenoxy) is 2. The van der Waals surface area contributed by atoms with Gasteiger partial charge in [-0.2, -0.15) is 0 Å². The maximum Gasteiger partial charge on any atom is 0.414 e. The Morgan fingerprint density at radius 2 is 2.27 bits per heavy atom. The second-order valence-electron chi connectivity index (χ2n) is 6.91. The van der Waals surface area contributed by atoms with Crippen LogP contribution in [-0.2, 0) is 9.47 Å². The number of aromatic nitrogens is 1. The van der Waals surface area contributed by atoms with Crippen molar-refractivity contribution in [1.82, 2.24) is 4.98 Å². The molecule has 3 N–H and O–H groups in total. The third-order valence-electron chi connectivity index (χ3n) is 5.18. The molecule has 1 saturated heterocycles. The Morgan fingerprint density at radius 1 is 1.47 bits per heavy atom. The molecule has 30 heavy (non-hydrogen) atoms. The molecule has 0 saturated carbocycles. The van der Waals surface area contributed by atoms with Gasteiger partial charge in [-0.15, -0.1) is 0 Å². The monoisotopic (exact) mass is 414 g/mol. The summed E-state index contributed by atoms with van der Waals surface area (Å²) in [5, 5.41) is 8.04. The molecule has 0 spiro atoms. The minimum atomic E-state index is -0.551. The van der Waals surface area contributed by atoms with Gasteiger partial charge in [0.05, 0.1) is 24.6 Å². The van der Waals surface area contributed by atoms with Gasteiger partial charge in [0.25, 0.3) is 0 Å². The number of aldehydes is 1. The number of anilines is 1. The molecule has 0 bridgehead atoms. The van der Waals surface area contributed by atoms with Crippen molar-refractivity contribution in [3.8, 4) is 0 Å². The number of allylic oxidation sites excluding steroid dienone is 1. The van der Waals surface area contributed by atoms with E-state index in [9.17, 15) is 9.59 Å². The lowest BCUT2D eigenvalue weighted by molar-refractivity contribution is 0.00468. The third kappa shape index (κ3) is 4.06. The molecule has 0 aliphatic carbocycles. The zero-order chi connectivity index (χ0) is 21.7. The van der Waals surface area contributed by atoms with Crippen molar-refractivity contribution < 1.29 is 23.5 Å². The second kappa shape index (κ2) is 9.53. The van der Waals surface area contributed by atoms with E-state index in [1.54, 1.807) is 13.0 Å². The Kier molecular flexibility index (Phi) is 6.83. The lowest BCUT2D eigenvalue weighted by atomic mass is 9.99. The van der Waals surface area contributed by atoms with Crippen molar-refractivity contribution in [2.75, 3.05) is 18.1 Å². The van der Waals surface area contributed by atoms with Crippen LogP contribution < -0.4 is 10.6 Å². The van der Waals surface area contributed by atoms with Crippen LogP contribution in [-0.4, -0.2) is 48.9 Å². The van der Waals surface area contributed by atoms with E-state index in [2.05, 4.69) is 4.98 Å². The summed E-state index contributed by atoms with van der Waals surface area (Å²) < 4.78 is 16.8. The van der Waals surface area contributed by atoms with Crippen molar-refractivity contribution in [2.45, 2.75) is 45.3 Å². The fourth-order valence-electron chi connectivity index (χ4n) is 3.70. The van der Waals surface area contributed by atoms with Crippen molar-refractivity contribution >= 4 is 40.8 Å². The number of amides is 1. The predicted molar refractivity (Wildman–Crippen MR) is 113 cm³/mol. The number of carbonyl (C=O) groups is 2. The molecule has 3 rings (SSSR count). The number of nitrogens with two attached hydrogens (primary N) is 1. The normalized spacial score (nSPS) is 19.5. The highest BCUT2D eigenvalue weighted by molar-refractivity contribution is 6.11. The number of pyridine rings is 1. The van der Waals surface area contributed by atoms with Crippen LogP contribution in [0.5, 0.6) is 0 Å². The van der Waals surface area contributed by atoms with Crippen LogP contribution in [0.2, 0.25) is 0 Å². The first-order chi connectivity index (χ1) is 14.6. The van der Waals surface area contributed by atoms with E-state index >= 15 is 0 Å². The van der Waals surface area contributed by atoms with Gasteiger partial charge in [0.1, 0.15) is 5.69 Å². The van der Waals surface area contributed by atoms with Crippen LogP contribution in [0, 0.1) is 5.41 Å². The van der Waals surface area contributed by atoms with Crippen LogP contribution in [0.25, 0.3) is 16.5 Å². The third-order valence-corrected chi connectivity index (χ3v) is 5.18. The summed E-state index contributed by atoms with van der Waals surface area (Å²) in [4.78, 5) is 30.6. The van der Waals surface area contributed by atoms with Crippen molar-refractivity contribution in [2.24, 2.45) is 5.73 Å². The Labute approximate surface area is 174 Å². The van der Waals surface area contributed by atoms with E-state index in [1.807, 2.05) is 6.92 Å². The fraction of sp³-hybridized carbons (Fsp3) is 0.429. The highest BCUT2D eigenvalue weighted by Gasteiger charge is 2.35. The number of hydrogen-bond acceptors (Lipinski definition) is 8. The van der Waals surface area contributed by atoms with Gasteiger partial charge < -0.3 is 25.0 Å². The summed E-state index contributed by atoms with van der Waals surface area (Å²) in [7, 11) is 0. The summed E-state index contributed by atoms with van der Waals surface area (Å²) in [6, 6.07) is 1.44. The molecule has 0 radical (unpaired) electrons. The van der Waals surface area contributed by atoms with E-state index < -0.39 is 6.09 Å². The van der Waals surface area contributed by atoms with Gasteiger partial charge in [-0.3, -0.25) is 14.7 Å². The summed E-state index contributed by atoms with van der Waals surface area (Å²) >= 11 is 0. The highest BCUT2D eigenvalue weighted by atomic mass is 16.6. The lowest BCUT2D eigenvalue weighted by Gasteiger charge is -2.36. The molecule has 1 aliphatic rings. The quantitative estimate of drug-likeness (QED) is 0.523. The molecule has 160 valence electrons. The molecule has 0 aromatic carbocycles. The maximum atomic E-state index is 13.0. The molecule has 1 amide bonds. The number of furan rings is 1. The van der Waals surface area contributed by atoms with Gasteiger partial charge in [0.2, 0.25) is 0 Å². The van der Waals surface area contributed by atoms with E-state index in [4.69, 9.17) is 25.0 Å². The smallest absolute Gasteiger partial charge is 0.414 e. The minimum absolute atomic E-state index is 0.0143. The molecule has 1 aliphatic heterocycles. The van der Waals surface area contributed by atoms with E-state index in [0.717, 1.165) is 12.6 Å². The Balaban J connectivity index is 2.18. The summed E-state index contributed by atoms with van der Waals surface area (Å²) in [5.41, 5.74) is 7.11. The van der Waals surface area contributed by atoms with Gasteiger partial charge in [0, 0.05) is 36.0 Å². The molecule has 2 atom stereocenters. The summed E-state index contributed by atoms with van der Waals surface area (Å²) in [6.45, 7) is 4.46. The second-order valence-corrected chi connectivity index (χ2v) is 6.91. The largest absolute Gasteiger partial charge is 0.449 e. The van der Waals surface area contributed by atoms with Crippen LogP contribution in [0.4, 0.5) is 10.5 Å². The van der Waals surface area contributed by atoms with Gasteiger partial charge in [0.15, 0.2) is 17.6 Å². The molecule has 9 heteroatoms. The molecule has 1 fully saturated rings. The molecular weight excluding hydrogens is 388 g/mol. The predicted octanol–water partition coefficient (Wildman–Crippen LogP) is 3.51. The van der Waals surface area contributed by atoms with E-state index in [0.29, 0.717) is 53.7 Å². The Hall–Kier alpha value is -3.20. The average Bonchev–Trinajstić information content (AvgIpc) is 3.13. The van der Waals surface area contributed by atoms with E-state index in [-0.39, 0.29) is 24.5 Å². The van der Waals surface area contributed by atoms with Crippen LogP contribution in [0.1, 0.15) is 49.4 Å². The highest BCUT2D eigenvalue weighted by Crippen LogP contribution is 2.38. The minimum Gasteiger partial charge on any atom is -0.449 e. The number of fused-ring (bicyclic) bond motifs is 1. The molecule has 3 heterocycles. The van der Waals surface area contributed by atoms with Gasteiger partial charge >= 0.3 is 6.09 Å². The Bertz CT molecular complexity index is 968. The lowest BCUT2D eigenvalue weighted by Crippen LogP contribution is -2.46. The zero-order valence-corrected chi connectivity index (χ0v) is 17.1. The van der Waals surface area contributed by atoms with Crippen LogP contribution in [0.3, 0.4) is 0 Å². The van der Waals surface area contributed by atoms with Crippen molar-refractivity contribution in [1.29, 1.82) is 5.41 Å².